The minimum Gasteiger partial charge on any atom is -0.460 e. The predicted octanol–water partition coefficient (Wildman–Crippen LogP) is 5.06. The van der Waals surface area contributed by atoms with E-state index in [0.29, 0.717) is 12.3 Å². The first kappa shape index (κ1) is 16.3. The number of carbonyl (C=O) groups is 1. The molecule has 3 rings (SSSR count). The highest BCUT2D eigenvalue weighted by atomic mass is 16.6. The van der Waals surface area contributed by atoms with Crippen molar-refractivity contribution in [3.8, 4) is 0 Å². The first-order valence-corrected chi connectivity index (χ1v) is 9.55. The summed E-state index contributed by atoms with van der Waals surface area (Å²) in [6.45, 7) is 10.7. The molecule has 0 aromatic heterocycles. The van der Waals surface area contributed by atoms with Gasteiger partial charge in [0.1, 0.15) is 5.60 Å². The van der Waals surface area contributed by atoms with Crippen molar-refractivity contribution in [1.29, 1.82) is 0 Å². The smallest absolute Gasteiger partial charge is 0.306 e. The molecular formula is C20H34O2. The highest BCUT2D eigenvalue weighted by molar-refractivity contribution is 5.70. The Morgan fingerprint density at radius 1 is 0.955 bits per heavy atom. The summed E-state index contributed by atoms with van der Waals surface area (Å²) in [4.78, 5) is 12.2. The molecule has 7 unspecified atom stereocenters. The Labute approximate surface area is 136 Å². The molecule has 0 aliphatic heterocycles. The van der Waals surface area contributed by atoms with Crippen molar-refractivity contribution in [2.45, 2.75) is 78.7 Å². The zero-order valence-electron chi connectivity index (χ0n) is 15.1. The summed E-state index contributed by atoms with van der Waals surface area (Å²) in [5.41, 5.74) is -0.343. The van der Waals surface area contributed by atoms with E-state index in [4.69, 9.17) is 4.74 Å². The molecule has 3 saturated carbocycles. The average Bonchev–Trinajstić information content (AvgIpc) is 3.05. The monoisotopic (exact) mass is 306 g/mol. The third kappa shape index (κ3) is 2.83. The van der Waals surface area contributed by atoms with Crippen LogP contribution in [0.1, 0.15) is 73.1 Å². The van der Waals surface area contributed by atoms with Gasteiger partial charge >= 0.3 is 5.97 Å². The number of fused-ring (bicyclic) bond motifs is 5. The number of ether oxygens (including phenoxy) is 1. The van der Waals surface area contributed by atoms with Crippen molar-refractivity contribution >= 4 is 5.97 Å². The molecule has 0 radical (unpaired) electrons. The summed E-state index contributed by atoms with van der Waals surface area (Å²) >= 11 is 0. The number of rotatable bonds is 4. The summed E-state index contributed by atoms with van der Waals surface area (Å²) < 4.78 is 5.58. The lowest BCUT2D eigenvalue weighted by Crippen LogP contribution is -2.32. The van der Waals surface area contributed by atoms with Gasteiger partial charge in [-0.1, -0.05) is 26.7 Å². The lowest BCUT2D eigenvalue weighted by atomic mass is 9.70. The van der Waals surface area contributed by atoms with Crippen LogP contribution in [0.25, 0.3) is 0 Å². The second kappa shape index (κ2) is 5.83. The first-order chi connectivity index (χ1) is 10.3. The van der Waals surface area contributed by atoms with E-state index in [2.05, 4.69) is 13.8 Å². The van der Waals surface area contributed by atoms with Gasteiger partial charge in [-0.3, -0.25) is 4.79 Å². The Hall–Kier alpha value is -0.530. The van der Waals surface area contributed by atoms with Crippen LogP contribution in [0, 0.1) is 41.4 Å². The second-order valence-corrected chi connectivity index (χ2v) is 9.17. The van der Waals surface area contributed by atoms with E-state index >= 15 is 0 Å². The summed E-state index contributed by atoms with van der Waals surface area (Å²) in [6, 6.07) is 0. The summed E-state index contributed by atoms with van der Waals surface area (Å²) in [6.07, 6.45) is 7.49. The highest BCUT2D eigenvalue weighted by Crippen LogP contribution is 2.66. The maximum atomic E-state index is 12.2. The van der Waals surface area contributed by atoms with Gasteiger partial charge in [-0.05, 0) is 81.5 Å². The Morgan fingerprint density at radius 3 is 2.18 bits per heavy atom. The van der Waals surface area contributed by atoms with Crippen molar-refractivity contribution in [1.82, 2.24) is 0 Å². The molecule has 2 heteroatoms. The van der Waals surface area contributed by atoms with Gasteiger partial charge in [0.15, 0.2) is 0 Å². The van der Waals surface area contributed by atoms with Crippen molar-refractivity contribution in [3.05, 3.63) is 0 Å². The van der Waals surface area contributed by atoms with Crippen molar-refractivity contribution < 1.29 is 9.53 Å². The quantitative estimate of drug-likeness (QED) is 0.678. The number of hydrogen-bond donors (Lipinski definition) is 0. The van der Waals surface area contributed by atoms with Gasteiger partial charge in [-0.25, -0.2) is 0 Å². The van der Waals surface area contributed by atoms with Gasteiger partial charge in [0.25, 0.3) is 0 Å². The van der Waals surface area contributed by atoms with E-state index in [0.717, 1.165) is 35.5 Å². The Morgan fingerprint density at radius 2 is 1.59 bits per heavy atom. The molecule has 3 fully saturated rings. The number of hydrogen-bond acceptors (Lipinski definition) is 2. The number of carbonyl (C=O) groups excluding carboxylic acids is 1. The van der Waals surface area contributed by atoms with Crippen LogP contribution in [-0.2, 0) is 9.53 Å². The van der Waals surface area contributed by atoms with Crippen molar-refractivity contribution in [2.24, 2.45) is 41.4 Å². The molecule has 126 valence electrons. The van der Waals surface area contributed by atoms with Crippen LogP contribution in [0.15, 0.2) is 0 Å². The fourth-order valence-electron chi connectivity index (χ4n) is 6.36. The normalized spacial score (nSPS) is 43.4. The van der Waals surface area contributed by atoms with Crippen molar-refractivity contribution in [3.63, 3.8) is 0 Å². The molecular weight excluding hydrogens is 272 g/mol. The Balaban J connectivity index is 1.66. The fraction of sp³-hybridized carbons (Fsp3) is 0.950. The van der Waals surface area contributed by atoms with Gasteiger partial charge < -0.3 is 4.74 Å². The number of esters is 1. The van der Waals surface area contributed by atoms with Crippen LogP contribution in [0.2, 0.25) is 0 Å². The molecule has 0 aromatic rings. The molecule has 3 aliphatic rings. The molecule has 0 N–H and O–H groups in total. The zero-order valence-corrected chi connectivity index (χ0v) is 15.1. The van der Waals surface area contributed by atoms with E-state index in [1.165, 1.54) is 32.1 Å². The minimum absolute atomic E-state index is 0.0275. The summed E-state index contributed by atoms with van der Waals surface area (Å²) in [5, 5.41) is 0. The van der Waals surface area contributed by atoms with Gasteiger partial charge in [0.2, 0.25) is 0 Å². The van der Waals surface area contributed by atoms with Crippen LogP contribution < -0.4 is 0 Å². The average molecular weight is 306 g/mol. The third-order valence-electron chi connectivity index (χ3n) is 6.86. The largest absolute Gasteiger partial charge is 0.460 e. The van der Waals surface area contributed by atoms with Gasteiger partial charge in [0, 0.05) is 6.42 Å². The predicted molar refractivity (Wildman–Crippen MR) is 89.3 cm³/mol. The van der Waals surface area contributed by atoms with E-state index in [9.17, 15) is 4.79 Å². The molecule has 2 bridgehead atoms. The lowest BCUT2D eigenvalue weighted by molar-refractivity contribution is -0.156. The standard InChI is InChI=1S/C20H34O2/c1-6-12-8-13(7-2)19-16-10-15(18(12)19)9-14(16)11-17(21)22-20(3,4)5/h12-16,18-19H,6-11H2,1-5H3. The van der Waals surface area contributed by atoms with Crippen LogP contribution in [-0.4, -0.2) is 11.6 Å². The zero-order chi connectivity index (χ0) is 16.1. The van der Waals surface area contributed by atoms with E-state index < -0.39 is 0 Å². The van der Waals surface area contributed by atoms with Crippen LogP contribution in [0.3, 0.4) is 0 Å². The minimum atomic E-state index is -0.343. The molecule has 0 spiro atoms. The molecule has 0 heterocycles. The van der Waals surface area contributed by atoms with E-state index in [-0.39, 0.29) is 11.6 Å². The molecule has 0 aromatic carbocycles. The lowest BCUT2D eigenvalue weighted by Gasteiger charge is -2.35. The first-order valence-electron chi connectivity index (χ1n) is 9.55. The van der Waals surface area contributed by atoms with Crippen LogP contribution >= 0.6 is 0 Å². The molecule has 22 heavy (non-hydrogen) atoms. The SMILES string of the molecule is CCC1CC(CC)C2C3CC(CC3CC(=O)OC(C)(C)C)C12. The van der Waals surface area contributed by atoms with Crippen LogP contribution in [0.4, 0.5) is 0 Å². The summed E-state index contributed by atoms with van der Waals surface area (Å²) in [7, 11) is 0. The Bertz CT molecular complexity index is 422. The Kier molecular flexibility index (Phi) is 4.33. The van der Waals surface area contributed by atoms with Gasteiger partial charge in [0.05, 0.1) is 0 Å². The van der Waals surface area contributed by atoms with Crippen LogP contribution in [0.5, 0.6) is 0 Å². The molecule has 0 amide bonds. The maximum absolute atomic E-state index is 12.2. The fourth-order valence-corrected chi connectivity index (χ4v) is 6.36. The third-order valence-corrected chi connectivity index (χ3v) is 6.86. The second-order valence-electron chi connectivity index (χ2n) is 9.17. The van der Waals surface area contributed by atoms with E-state index in [1.54, 1.807) is 0 Å². The van der Waals surface area contributed by atoms with Crippen molar-refractivity contribution in [2.75, 3.05) is 0 Å². The maximum Gasteiger partial charge on any atom is 0.306 e. The van der Waals surface area contributed by atoms with Gasteiger partial charge in [-0.15, -0.1) is 0 Å². The molecule has 0 saturated heterocycles. The molecule has 2 nitrogen and oxygen atoms in total. The molecule has 3 aliphatic carbocycles. The highest BCUT2D eigenvalue weighted by Gasteiger charge is 2.59. The van der Waals surface area contributed by atoms with E-state index in [1.807, 2.05) is 20.8 Å². The topological polar surface area (TPSA) is 26.3 Å². The van der Waals surface area contributed by atoms with Gasteiger partial charge in [-0.2, -0.15) is 0 Å². The molecule has 7 atom stereocenters. The summed E-state index contributed by atoms with van der Waals surface area (Å²) in [5.74, 6) is 6.13.